The van der Waals surface area contributed by atoms with Crippen LogP contribution < -0.4 is 20.9 Å². The second-order valence-electron chi connectivity index (χ2n) is 7.66. The number of carbonyl (C=O) groups excluding carboxylic acids is 1. The number of rotatable bonds is 5. The number of carbonyl (C=O) groups is 1. The molecular weight excluding hydrogens is 503 g/mol. The highest BCUT2D eigenvalue weighted by molar-refractivity contribution is 14.0. The van der Waals surface area contributed by atoms with Crippen molar-refractivity contribution < 1.29 is 4.79 Å². The van der Waals surface area contributed by atoms with Gasteiger partial charge in [0.15, 0.2) is 5.96 Å². The van der Waals surface area contributed by atoms with Crippen LogP contribution in [0.4, 0.5) is 16.2 Å². The molecule has 1 aliphatic rings. The summed E-state index contributed by atoms with van der Waals surface area (Å²) >= 11 is 0. The highest BCUT2D eigenvalue weighted by Crippen LogP contribution is 2.16. The van der Waals surface area contributed by atoms with Gasteiger partial charge in [-0.25, -0.2) is 4.79 Å². The predicted molar refractivity (Wildman–Crippen MR) is 140 cm³/mol. The number of hydrogen-bond acceptors (Lipinski definition) is 3. The highest BCUT2D eigenvalue weighted by atomic mass is 127. The molecule has 0 atom stereocenters. The van der Waals surface area contributed by atoms with E-state index < -0.39 is 0 Å². The number of para-hydroxylation sites is 1. The van der Waals surface area contributed by atoms with Gasteiger partial charge in [-0.15, -0.1) is 24.0 Å². The van der Waals surface area contributed by atoms with E-state index in [9.17, 15) is 4.79 Å². The van der Waals surface area contributed by atoms with Crippen LogP contribution in [-0.2, 0) is 6.54 Å². The van der Waals surface area contributed by atoms with Gasteiger partial charge in [-0.05, 0) is 43.7 Å². The van der Waals surface area contributed by atoms with E-state index in [1.165, 1.54) is 5.69 Å². The molecule has 0 unspecified atom stereocenters. The van der Waals surface area contributed by atoms with Gasteiger partial charge >= 0.3 is 6.03 Å². The summed E-state index contributed by atoms with van der Waals surface area (Å²) in [6, 6.07) is 18.3. The maximum Gasteiger partial charge on any atom is 0.319 e. The third-order valence-electron chi connectivity index (χ3n) is 4.99. The van der Waals surface area contributed by atoms with Gasteiger partial charge in [-0.1, -0.05) is 30.3 Å². The van der Waals surface area contributed by atoms with Crippen LogP contribution in [-0.4, -0.2) is 56.2 Å². The number of nitrogens with zero attached hydrogens (tertiary/aromatic N) is 3. The topological polar surface area (TPSA) is 72.0 Å². The van der Waals surface area contributed by atoms with Gasteiger partial charge < -0.3 is 25.8 Å². The van der Waals surface area contributed by atoms with E-state index in [1.54, 1.807) is 0 Å². The Morgan fingerprint density at radius 3 is 2.23 bits per heavy atom. The molecule has 168 valence electrons. The summed E-state index contributed by atoms with van der Waals surface area (Å²) < 4.78 is 0. The first-order valence-electron chi connectivity index (χ1n) is 10.5. The highest BCUT2D eigenvalue weighted by Gasteiger charge is 2.19. The number of guanidine groups is 1. The normalized spacial score (nSPS) is 14.1. The molecule has 1 heterocycles. The van der Waals surface area contributed by atoms with Crippen molar-refractivity contribution in [3.05, 3.63) is 60.2 Å². The Labute approximate surface area is 202 Å². The lowest BCUT2D eigenvalue weighted by atomic mass is 10.2. The molecule has 2 aromatic rings. The van der Waals surface area contributed by atoms with Crippen LogP contribution in [0.5, 0.6) is 0 Å². The van der Waals surface area contributed by atoms with Gasteiger partial charge in [0.1, 0.15) is 0 Å². The Morgan fingerprint density at radius 2 is 1.65 bits per heavy atom. The van der Waals surface area contributed by atoms with E-state index in [0.717, 1.165) is 43.4 Å². The first-order chi connectivity index (χ1) is 14.5. The molecule has 31 heavy (non-hydrogen) atoms. The quantitative estimate of drug-likeness (QED) is 0.310. The Kier molecular flexibility index (Phi) is 9.90. The van der Waals surface area contributed by atoms with Crippen molar-refractivity contribution in [2.75, 3.05) is 43.4 Å². The fourth-order valence-electron chi connectivity index (χ4n) is 3.46. The molecule has 8 heteroatoms. The Hall–Kier alpha value is -2.49. The number of benzene rings is 2. The zero-order chi connectivity index (χ0) is 21.3. The van der Waals surface area contributed by atoms with E-state index in [2.05, 4.69) is 61.1 Å². The average molecular weight is 536 g/mol. The third kappa shape index (κ3) is 7.61. The maximum atomic E-state index is 11.8. The van der Waals surface area contributed by atoms with Crippen molar-refractivity contribution in [2.24, 2.45) is 4.99 Å². The zero-order valence-corrected chi connectivity index (χ0v) is 20.8. The summed E-state index contributed by atoms with van der Waals surface area (Å²) in [6.45, 7) is 8.37. The number of piperazine rings is 1. The minimum absolute atomic E-state index is 0. The fraction of sp³-hybridized carbons (Fsp3) is 0.391. The molecule has 2 aromatic carbocycles. The molecule has 0 spiro atoms. The lowest BCUT2D eigenvalue weighted by molar-refractivity contribution is 0.250. The first-order valence-corrected chi connectivity index (χ1v) is 10.5. The molecule has 2 amide bonds. The molecule has 7 nitrogen and oxygen atoms in total. The summed E-state index contributed by atoms with van der Waals surface area (Å²) in [7, 11) is 1.83. The van der Waals surface area contributed by atoms with Crippen molar-refractivity contribution in [2.45, 2.75) is 26.4 Å². The smallest absolute Gasteiger partial charge is 0.319 e. The lowest BCUT2D eigenvalue weighted by Crippen LogP contribution is -2.52. The van der Waals surface area contributed by atoms with Crippen molar-refractivity contribution >= 4 is 47.3 Å². The monoisotopic (exact) mass is 536 g/mol. The van der Waals surface area contributed by atoms with E-state index in [4.69, 9.17) is 0 Å². The van der Waals surface area contributed by atoms with E-state index >= 15 is 0 Å². The minimum Gasteiger partial charge on any atom is -0.368 e. The molecule has 1 saturated heterocycles. The third-order valence-corrected chi connectivity index (χ3v) is 4.99. The van der Waals surface area contributed by atoms with E-state index in [-0.39, 0.29) is 36.0 Å². The second-order valence-corrected chi connectivity index (χ2v) is 7.66. The second kappa shape index (κ2) is 12.4. The Morgan fingerprint density at radius 1 is 1.00 bits per heavy atom. The summed E-state index contributed by atoms with van der Waals surface area (Å²) in [4.78, 5) is 21.0. The van der Waals surface area contributed by atoms with Gasteiger partial charge in [0, 0.05) is 57.2 Å². The van der Waals surface area contributed by atoms with E-state index in [1.807, 2.05) is 45.2 Å². The molecule has 0 bridgehead atoms. The van der Waals surface area contributed by atoms with Gasteiger partial charge in [-0.2, -0.15) is 0 Å². The summed E-state index contributed by atoms with van der Waals surface area (Å²) in [6.07, 6.45) is 0. The minimum atomic E-state index is -0.189. The number of aliphatic imine (C=N–C) groups is 1. The molecule has 0 saturated carbocycles. The van der Waals surface area contributed by atoms with Gasteiger partial charge in [0.25, 0.3) is 0 Å². The standard InChI is InChI=1S/C23H32N6O.HI/c1-18(2)26-23(30)27-20-11-9-19(10-12-20)17-25-22(24-3)29-15-13-28(14-16-29)21-7-5-4-6-8-21;/h4-12,18H,13-17H2,1-3H3,(H,24,25)(H2,26,27,30);1H. The molecule has 0 radical (unpaired) electrons. The van der Waals surface area contributed by atoms with Crippen LogP contribution in [0.2, 0.25) is 0 Å². The van der Waals surface area contributed by atoms with Crippen LogP contribution in [0.15, 0.2) is 59.6 Å². The van der Waals surface area contributed by atoms with Gasteiger partial charge in [-0.3, -0.25) is 4.99 Å². The number of amides is 2. The molecule has 3 N–H and O–H groups in total. The molecule has 3 rings (SSSR count). The summed E-state index contributed by atoms with van der Waals surface area (Å²) in [5.74, 6) is 0.918. The number of urea groups is 1. The van der Waals surface area contributed by atoms with Gasteiger partial charge in [0.2, 0.25) is 0 Å². The van der Waals surface area contributed by atoms with Crippen LogP contribution in [0, 0.1) is 0 Å². The molecule has 1 fully saturated rings. The van der Waals surface area contributed by atoms with Gasteiger partial charge in [0.05, 0.1) is 0 Å². The van der Waals surface area contributed by atoms with Crippen LogP contribution in [0.1, 0.15) is 19.4 Å². The van der Waals surface area contributed by atoms with E-state index in [0.29, 0.717) is 6.54 Å². The van der Waals surface area contributed by atoms with Crippen LogP contribution >= 0.6 is 24.0 Å². The van der Waals surface area contributed by atoms with Crippen molar-refractivity contribution in [3.63, 3.8) is 0 Å². The molecule has 0 aromatic heterocycles. The van der Waals surface area contributed by atoms with Crippen molar-refractivity contribution in [1.82, 2.24) is 15.5 Å². The maximum absolute atomic E-state index is 11.8. The first kappa shape index (κ1) is 24.8. The zero-order valence-electron chi connectivity index (χ0n) is 18.5. The van der Waals surface area contributed by atoms with Crippen LogP contribution in [0.3, 0.4) is 0 Å². The Bertz CT molecular complexity index is 833. The van der Waals surface area contributed by atoms with Crippen molar-refractivity contribution in [1.29, 1.82) is 0 Å². The van der Waals surface area contributed by atoms with Crippen LogP contribution in [0.25, 0.3) is 0 Å². The number of hydrogen-bond donors (Lipinski definition) is 3. The number of nitrogens with one attached hydrogen (secondary N) is 3. The fourth-order valence-corrected chi connectivity index (χ4v) is 3.46. The SMILES string of the molecule is CN=C(NCc1ccc(NC(=O)NC(C)C)cc1)N1CCN(c2ccccc2)CC1.I. The largest absolute Gasteiger partial charge is 0.368 e. The summed E-state index contributed by atoms with van der Waals surface area (Å²) in [5, 5.41) is 9.11. The molecule has 1 aliphatic heterocycles. The lowest BCUT2D eigenvalue weighted by Gasteiger charge is -2.37. The molecular formula is C23H33IN6O. The number of anilines is 2. The predicted octanol–water partition coefficient (Wildman–Crippen LogP) is 3.73. The average Bonchev–Trinajstić information content (AvgIpc) is 2.76. The number of halogens is 1. The Balaban J connectivity index is 0.00000341. The molecule has 0 aliphatic carbocycles. The summed E-state index contributed by atoms with van der Waals surface area (Å²) in [5.41, 5.74) is 3.18. The van der Waals surface area contributed by atoms with Crippen molar-refractivity contribution in [3.8, 4) is 0 Å².